The van der Waals surface area contributed by atoms with Crippen LogP contribution in [0.25, 0.3) is 10.9 Å². The number of carbonyl (C=O) groups excluding carboxylic acids is 1. The number of carbonyl (C=O) groups is 1. The molecule has 8 heteroatoms. The zero-order valence-corrected chi connectivity index (χ0v) is 25.9. The number of alkyl carbamates (subject to hydrolysis) is 1. The highest BCUT2D eigenvalue weighted by molar-refractivity contribution is 6.31. The molecule has 1 atom stereocenters. The molecule has 1 N–H and O–H groups in total. The molecule has 0 spiro atoms. The standard InChI is InChI=1S/C34H41ClN4O3/c1-24(2)30(38(22-25-13-8-6-9-14-25)20-12-19-36-33(41)42-34(3,4)5)31-37-29-21-27(35)17-18-28(29)32(40)39(31)23-26-15-10-7-11-16-26/h6-11,13-18,21,24,30H,12,19-20,22-23H2,1-5H3,(H,36,41). The molecule has 7 nitrogen and oxygen atoms in total. The van der Waals surface area contributed by atoms with Crippen LogP contribution in [0.15, 0.2) is 83.7 Å². The number of hydrogen-bond acceptors (Lipinski definition) is 5. The molecule has 1 aromatic heterocycles. The van der Waals surface area contributed by atoms with Crippen molar-refractivity contribution < 1.29 is 9.53 Å². The van der Waals surface area contributed by atoms with Crippen LogP contribution >= 0.6 is 11.6 Å². The Balaban J connectivity index is 1.74. The quantitative estimate of drug-likeness (QED) is 0.187. The van der Waals surface area contributed by atoms with E-state index in [1.54, 1.807) is 18.2 Å². The number of aromatic nitrogens is 2. The van der Waals surface area contributed by atoms with Crippen LogP contribution in [0.1, 0.15) is 64.0 Å². The van der Waals surface area contributed by atoms with Crippen molar-refractivity contribution in [3.8, 4) is 0 Å². The van der Waals surface area contributed by atoms with Crippen LogP contribution in [0.2, 0.25) is 5.02 Å². The monoisotopic (exact) mass is 588 g/mol. The van der Waals surface area contributed by atoms with Gasteiger partial charge in [0.2, 0.25) is 0 Å². The minimum atomic E-state index is -0.556. The molecule has 0 radical (unpaired) electrons. The highest BCUT2D eigenvalue weighted by atomic mass is 35.5. The van der Waals surface area contributed by atoms with Crippen LogP contribution in [0.4, 0.5) is 4.79 Å². The maximum Gasteiger partial charge on any atom is 0.407 e. The summed E-state index contributed by atoms with van der Waals surface area (Å²) in [4.78, 5) is 33.8. The highest BCUT2D eigenvalue weighted by Crippen LogP contribution is 2.30. The van der Waals surface area contributed by atoms with Crippen LogP contribution < -0.4 is 10.9 Å². The number of nitrogens with zero attached hydrogens (tertiary/aromatic N) is 3. The molecule has 0 fully saturated rings. The average molecular weight is 589 g/mol. The average Bonchev–Trinajstić information content (AvgIpc) is 2.93. The number of amides is 1. The summed E-state index contributed by atoms with van der Waals surface area (Å²) in [6.45, 7) is 12.0. The second-order valence-electron chi connectivity index (χ2n) is 11.9. The van der Waals surface area contributed by atoms with Crippen molar-refractivity contribution in [3.05, 3.63) is 111 Å². The Hall–Kier alpha value is -3.68. The first-order valence-electron chi connectivity index (χ1n) is 14.5. The molecule has 3 aromatic carbocycles. The van der Waals surface area contributed by atoms with Gasteiger partial charge in [0, 0.05) is 24.7 Å². The van der Waals surface area contributed by atoms with E-state index in [9.17, 15) is 9.59 Å². The third kappa shape index (κ3) is 8.43. The van der Waals surface area contributed by atoms with Gasteiger partial charge < -0.3 is 10.1 Å². The van der Waals surface area contributed by atoms with Crippen LogP contribution in [0, 0.1) is 5.92 Å². The van der Waals surface area contributed by atoms with E-state index >= 15 is 0 Å². The number of halogens is 1. The third-order valence-electron chi connectivity index (χ3n) is 6.94. The zero-order chi connectivity index (χ0) is 30.3. The number of benzene rings is 3. The summed E-state index contributed by atoms with van der Waals surface area (Å²) < 4.78 is 7.22. The summed E-state index contributed by atoms with van der Waals surface area (Å²) in [5.41, 5.74) is 2.12. The summed E-state index contributed by atoms with van der Waals surface area (Å²) in [6.07, 6.45) is 0.264. The van der Waals surface area contributed by atoms with Crippen molar-refractivity contribution in [2.75, 3.05) is 13.1 Å². The fourth-order valence-electron chi connectivity index (χ4n) is 5.16. The maximum atomic E-state index is 14.0. The van der Waals surface area contributed by atoms with Crippen LogP contribution in [0.5, 0.6) is 0 Å². The minimum Gasteiger partial charge on any atom is -0.444 e. The van der Waals surface area contributed by atoms with Crippen molar-refractivity contribution >= 4 is 28.6 Å². The fourth-order valence-corrected chi connectivity index (χ4v) is 5.33. The zero-order valence-electron chi connectivity index (χ0n) is 25.1. The lowest BCUT2D eigenvalue weighted by molar-refractivity contribution is 0.0522. The predicted octanol–water partition coefficient (Wildman–Crippen LogP) is 7.21. The number of hydrogen-bond donors (Lipinski definition) is 1. The number of fused-ring (bicyclic) bond motifs is 1. The van der Waals surface area contributed by atoms with E-state index in [0.717, 1.165) is 11.1 Å². The van der Waals surface area contributed by atoms with E-state index in [1.807, 2.05) is 73.9 Å². The Bertz CT molecular complexity index is 1530. The first-order valence-corrected chi connectivity index (χ1v) is 14.9. The summed E-state index contributed by atoms with van der Waals surface area (Å²) in [5.74, 6) is 0.822. The van der Waals surface area contributed by atoms with Crippen molar-refractivity contribution in [1.29, 1.82) is 0 Å². The van der Waals surface area contributed by atoms with E-state index < -0.39 is 11.7 Å². The van der Waals surface area contributed by atoms with Gasteiger partial charge in [-0.05, 0) is 62.4 Å². The van der Waals surface area contributed by atoms with E-state index in [4.69, 9.17) is 21.3 Å². The normalized spacial score (nSPS) is 12.6. The second kappa shape index (κ2) is 14.0. The van der Waals surface area contributed by atoms with E-state index in [2.05, 4.69) is 36.2 Å². The molecule has 0 bridgehead atoms. The molecular weight excluding hydrogens is 548 g/mol. The molecule has 1 amide bonds. The van der Waals surface area contributed by atoms with Gasteiger partial charge in [0.15, 0.2) is 0 Å². The summed E-state index contributed by atoms with van der Waals surface area (Å²) >= 11 is 6.35. The fraction of sp³-hybridized carbons (Fsp3) is 0.382. The molecule has 0 aliphatic heterocycles. The Morgan fingerprint density at radius 1 is 1.00 bits per heavy atom. The van der Waals surface area contributed by atoms with Gasteiger partial charge in [0.1, 0.15) is 11.4 Å². The summed E-state index contributed by atoms with van der Waals surface area (Å²) in [6, 6.07) is 25.3. The summed E-state index contributed by atoms with van der Waals surface area (Å²) in [5, 5.41) is 3.95. The van der Waals surface area contributed by atoms with Crippen molar-refractivity contribution in [3.63, 3.8) is 0 Å². The van der Waals surface area contributed by atoms with Gasteiger partial charge in [-0.1, -0.05) is 86.1 Å². The highest BCUT2D eigenvalue weighted by Gasteiger charge is 2.29. The van der Waals surface area contributed by atoms with E-state index in [0.29, 0.717) is 54.3 Å². The van der Waals surface area contributed by atoms with Crippen molar-refractivity contribution in [2.24, 2.45) is 5.92 Å². The Morgan fingerprint density at radius 3 is 2.26 bits per heavy atom. The molecule has 4 aromatic rings. The Kier molecular flexibility index (Phi) is 10.4. The first kappa shape index (κ1) is 31.3. The smallest absolute Gasteiger partial charge is 0.407 e. The van der Waals surface area contributed by atoms with Gasteiger partial charge in [-0.15, -0.1) is 0 Å². The number of nitrogens with one attached hydrogen (secondary N) is 1. The maximum absolute atomic E-state index is 14.0. The second-order valence-corrected chi connectivity index (χ2v) is 12.4. The van der Waals surface area contributed by atoms with Crippen molar-refractivity contribution in [1.82, 2.24) is 19.8 Å². The molecule has 0 saturated heterocycles. The minimum absolute atomic E-state index is 0.0903. The SMILES string of the molecule is CC(C)C(c1nc2cc(Cl)ccc2c(=O)n1Cc1ccccc1)N(CCCNC(=O)OC(C)(C)C)Cc1ccccc1. The molecule has 0 aliphatic carbocycles. The topological polar surface area (TPSA) is 76.5 Å². The van der Waals surface area contributed by atoms with Gasteiger partial charge >= 0.3 is 6.09 Å². The van der Waals surface area contributed by atoms with Crippen LogP contribution in [0.3, 0.4) is 0 Å². The lowest BCUT2D eigenvalue weighted by atomic mass is 9.99. The van der Waals surface area contributed by atoms with Gasteiger partial charge in [0.05, 0.1) is 23.5 Å². The molecule has 42 heavy (non-hydrogen) atoms. The lowest BCUT2D eigenvalue weighted by Gasteiger charge is -2.35. The van der Waals surface area contributed by atoms with Crippen molar-refractivity contribution in [2.45, 2.75) is 65.8 Å². The molecular formula is C34H41ClN4O3. The van der Waals surface area contributed by atoms with E-state index in [-0.39, 0.29) is 17.5 Å². The van der Waals surface area contributed by atoms with Crippen LogP contribution in [-0.2, 0) is 17.8 Å². The van der Waals surface area contributed by atoms with Gasteiger partial charge in [0.25, 0.3) is 5.56 Å². The predicted molar refractivity (Wildman–Crippen MR) is 170 cm³/mol. The molecule has 4 rings (SSSR count). The Labute approximate surface area is 253 Å². The lowest BCUT2D eigenvalue weighted by Crippen LogP contribution is -2.39. The third-order valence-corrected chi connectivity index (χ3v) is 7.17. The number of rotatable bonds is 11. The van der Waals surface area contributed by atoms with Gasteiger partial charge in [-0.3, -0.25) is 14.3 Å². The Morgan fingerprint density at radius 2 is 1.64 bits per heavy atom. The molecule has 1 unspecified atom stereocenters. The van der Waals surface area contributed by atoms with Gasteiger partial charge in [-0.2, -0.15) is 0 Å². The molecule has 222 valence electrons. The molecule has 0 aliphatic rings. The summed E-state index contributed by atoms with van der Waals surface area (Å²) in [7, 11) is 0. The largest absolute Gasteiger partial charge is 0.444 e. The molecule has 1 heterocycles. The molecule has 0 saturated carbocycles. The first-order chi connectivity index (χ1) is 20.0. The van der Waals surface area contributed by atoms with Gasteiger partial charge in [-0.25, -0.2) is 9.78 Å². The van der Waals surface area contributed by atoms with Crippen LogP contribution in [-0.4, -0.2) is 39.2 Å². The number of ether oxygens (including phenoxy) is 1. The van der Waals surface area contributed by atoms with E-state index in [1.165, 1.54) is 0 Å².